The number of carbonyl (C=O) groups excluding carboxylic acids is 2. The molecule has 5 nitrogen and oxygen atoms in total. The third-order valence-electron chi connectivity index (χ3n) is 2.08. The molecule has 1 atom stereocenters. The highest BCUT2D eigenvalue weighted by Gasteiger charge is 2.11. The summed E-state index contributed by atoms with van der Waals surface area (Å²) in [4.78, 5) is 22.1. The molecule has 0 saturated heterocycles. The Labute approximate surface area is 99.5 Å². The molecule has 2 N–H and O–H groups in total. The van der Waals surface area contributed by atoms with Crippen molar-refractivity contribution >= 4 is 11.9 Å². The summed E-state index contributed by atoms with van der Waals surface area (Å²) in [6.45, 7) is 3.63. The van der Waals surface area contributed by atoms with E-state index in [1.54, 1.807) is 38.1 Å². The largest absolute Gasteiger partial charge is 0.481 e. The van der Waals surface area contributed by atoms with Crippen molar-refractivity contribution in [3.05, 3.63) is 29.8 Å². The second-order valence-corrected chi connectivity index (χ2v) is 3.41. The lowest BCUT2D eigenvalue weighted by atomic mass is 10.2. The number of amides is 1. The molecule has 1 aromatic carbocycles. The van der Waals surface area contributed by atoms with Crippen LogP contribution in [0.4, 0.5) is 0 Å². The summed E-state index contributed by atoms with van der Waals surface area (Å²) in [5, 5.41) is 0. The second-order valence-electron chi connectivity index (χ2n) is 3.41. The molecule has 0 aromatic heterocycles. The van der Waals surface area contributed by atoms with Crippen molar-refractivity contribution in [2.45, 2.75) is 20.0 Å². The number of esters is 1. The predicted octanol–water partition coefficient (Wildman–Crippen LogP) is 1.12. The van der Waals surface area contributed by atoms with Gasteiger partial charge in [-0.05, 0) is 38.1 Å². The van der Waals surface area contributed by atoms with Crippen LogP contribution in [-0.2, 0) is 9.53 Å². The van der Waals surface area contributed by atoms with Crippen molar-refractivity contribution in [1.82, 2.24) is 0 Å². The second kappa shape index (κ2) is 5.89. The molecule has 0 spiro atoms. The summed E-state index contributed by atoms with van der Waals surface area (Å²) in [6, 6.07) is 6.32. The van der Waals surface area contributed by atoms with Gasteiger partial charge in [-0.3, -0.25) is 4.79 Å². The zero-order chi connectivity index (χ0) is 12.8. The van der Waals surface area contributed by atoms with E-state index >= 15 is 0 Å². The van der Waals surface area contributed by atoms with Crippen LogP contribution in [0.1, 0.15) is 24.2 Å². The third-order valence-corrected chi connectivity index (χ3v) is 2.08. The van der Waals surface area contributed by atoms with E-state index in [1.807, 2.05) is 0 Å². The standard InChI is InChI=1S/C12H15NO4/c1-3-16-12(15)9-4-6-10(7-5-9)17-8(2)11(13)14/h4-8H,3H2,1-2H3,(H2,13,14). The third kappa shape index (κ3) is 3.79. The molecule has 0 radical (unpaired) electrons. The molecule has 1 aromatic rings. The Hall–Kier alpha value is -2.04. The SMILES string of the molecule is CCOC(=O)c1ccc(OC(C)C(N)=O)cc1. The van der Waals surface area contributed by atoms with Crippen LogP contribution in [-0.4, -0.2) is 24.6 Å². The van der Waals surface area contributed by atoms with Gasteiger partial charge in [-0.1, -0.05) is 0 Å². The fourth-order valence-corrected chi connectivity index (χ4v) is 1.15. The number of nitrogens with two attached hydrogens (primary N) is 1. The van der Waals surface area contributed by atoms with E-state index in [-0.39, 0.29) is 5.97 Å². The molecule has 1 amide bonds. The van der Waals surface area contributed by atoms with E-state index in [0.717, 1.165) is 0 Å². The molecule has 0 heterocycles. The molecular weight excluding hydrogens is 222 g/mol. The minimum absolute atomic E-state index is 0.329. The first kappa shape index (κ1) is 13.0. The molecule has 1 rings (SSSR count). The fourth-order valence-electron chi connectivity index (χ4n) is 1.15. The number of benzene rings is 1. The molecule has 5 heteroatoms. The van der Waals surface area contributed by atoms with E-state index in [9.17, 15) is 9.59 Å². The highest BCUT2D eigenvalue weighted by Crippen LogP contribution is 2.14. The van der Waals surface area contributed by atoms with Crippen LogP contribution in [0.15, 0.2) is 24.3 Å². The quantitative estimate of drug-likeness (QED) is 0.778. The van der Waals surface area contributed by atoms with Crippen molar-refractivity contribution in [2.24, 2.45) is 5.73 Å². The summed E-state index contributed by atoms with van der Waals surface area (Å²) in [7, 11) is 0. The maximum Gasteiger partial charge on any atom is 0.338 e. The van der Waals surface area contributed by atoms with Crippen LogP contribution in [0.2, 0.25) is 0 Å². The highest BCUT2D eigenvalue weighted by molar-refractivity contribution is 5.89. The number of ether oxygens (including phenoxy) is 2. The van der Waals surface area contributed by atoms with E-state index in [4.69, 9.17) is 15.2 Å². The average molecular weight is 237 g/mol. The normalized spacial score (nSPS) is 11.6. The van der Waals surface area contributed by atoms with Crippen LogP contribution in [0.3, 0.4) is 0 Å². The maximum absolute atomic E-state index is 11.3. The summed E-state index contributed by atoms with van der Waals surface area (Å²) in [6.07, 6.45) is -0.705. The van der Waals surface area contributed by atoms with Gasteiger partial charge in [0.2, 0.25) is 0 Å². The van der Waals surface area contributed by atoms with Crippen molar-refractivity contribution in [1.29, 1.82) is 0 Å². The van der Waals surface area contributed by atoms with Gasteiger partial charge in [0.25, 0.3) is 5.91 Å². The minimum Gasteiger partial charge on any atom is -0.481 e. The minimum atomic E-state index is -0.705. The van der Waals surface area contributed by atoms with Gasteiger partial charge in [0.05, 0.1) is 12.2 Å². The van der Waals surface area contributed by atoms with E-state index in [2.05, 4.69) is 0 Å². The molecule has 1 unspecified atom stereocenters. The van der Waals surface area contributed by atoms with E-state index < -0.39 is 12.0 Å². The molecular formula is C12H15NO4. The summed E-state index contributed by atoms with van der Waals surface area (Å²) in [5.74, 6) is -0.453. The predicted molar refractivity (Wildman–Crippen MR) is 61.7 cm³/mol. The highest BCUT2D eigenvalue weighted by atomic mass is 16.5. The van der Waals surface area contributed by atoms with Crippen LogP contribution in [0.25, 0.3) is 0 Å². The Bertz CT molecular complexity index is 399. The Morgan fingerprint density at radius 1 is 1.29 bits per heavy atom. The van der Waals surface area contributed by atoms with Crippen molar-refractivity contribution in [2.75, 3.05) is 6.61 Å². The first-order chi connectivity index (χ1) is 8.04. The Kier molecular flexibility index (Phi) is 4.51. The van der Waals surface area contributed by atoms with Gasteiger partial charge >= 0.3 is 5.97 Å². The molecule has 0 bridgehead atoms. The van der Waals surface area contributed by atoms with Crippen LogP contribution < -0.4 is 10.5 Å². The fraction of sp³-hybridized carbons (Fsp3) is 0.333. The van der Waals surface area contributed by atoms with Gasteiger partial charge in [0.15, 0.2) is 6.10 Å². The molecule has 0 aliphatic carbocycles. The number of carbonyl (C=O) groups is 2. The van der Waals surface area contributed by atoms with Crippen LogP contribution in [0.5, 0.6) is 5.75 Å². The molecule has 92 valence electrons. The zero-order valence-electron chi connectivity index (χ0n) is 9.80. The smallest absolute Gasteiger partial charge is 0.338 e. The van der Waals surface area contributed by atoms with Crippen LogP contribution in [0, 0.1) is 0 Å². The molecule has 17 heavy (non-hydrogen) atoms. The monoisotopic (exact) mass is 237 g/mol. The van der Waals surface area contributed by atoms with Gasteiger partial charge in [-0.25, -0.2) is 4.79 Å². The molecule has 0 aliphatic rings. The maximum atomic E-state index is 11.3. The zero-order valence-corrected chi connectivity index (χ0v) is 9.80. The topological polar surface area (TPSA) is 78.6 Å². The summed E-state index contributed by atoms with van der Waals surface area (Å²) in [5.41, 5.74) is 5.50. The van der Waals surface area contributed by atoms with E-state index in [0.29, 0.717) is 17.9 Å². The van der Waals surface area contributed by atoms with Gasteiger partial charge in [0, 0.05) is 0 Å². The van der Waals surface area contributed by atoms with Crippen molar-refractivity contribution < 1.29 is 19.1 Å². The lowest BCUT2D eigenvalue weighted by molar-refractivity contribution is -0.123. The van der Waals surface area contributed by atoms with Gasteiger partial charge in [0.1, 0.15) is 5.75 Å². The Morgan fingerprint density at radius 3 is 2.35 bits per heavy atom. The van der Waals surface area contributed by atoms with Gasteiger partial charge < -0.3 is 15.2 Å². The summed E-state index contributed by atoms with van der Waals surface area (Å²) < 4.78 is 10.1. The van der Waals surface area contributed by atoms with E-state index in [1.165, 1.54) is 0 Å². The van der Waals surface area contributed by atoms with Gasteiger partial charge in [-0.2, -0.15) is 0 Å². The Balaban J connectivity index is 2.68. The number of hydrogen-bond donors (Lipinski definition) is 1. The first-order valence-corrected chi connectivity index (χ1v) is 5.27. The number of hydrogen-bond acceptors (Lipinski definition) is 4. The van der Waals surface area contributed by atoms with Crippen molar-refractivity contribution in [3.63, 3.8) is 0 Å². The molecule has 0 fully saturated rings. The number of primary amides is 1. The molecule has 0 saturated carbocycles. The first-order valence-electron chi connectivity index (χ1n) is 5.27. The number of rotatable bonds is 5. The lowest BCUT2D eigenvalue weighted by Gasteiger charge is -2.11. The average Bonchev–Trinajstić information content (AvgIpc) is 2.30. The van der Waals surface area contributed by atoms with Crippen molar-refractivity contribution in [3.8, 4) is 5.75 Å². The lowest BCUT2D eigenvalue weighted by Crippen LogP contribution is -2.30. The molecule has 0 aliphatic heterocycles. The van der Waals surface area contributed by atoms with Gasteiger partial charge in [-0.15, -0.1) is 0 Å². The Morgan fingerprint density at radius 2 is 1.88 bits per heavy atom. The van der Waals surface area contributed by atoms with Crippen LogP contribution >= 0.6 is 0 Å². The summed E-state index contributed by atoms with van der Waals surface area (Å²) >= 11 is 0.